The molecule has 7 heteroatoms. The van der Waals surface area contributed by atoms with Crippen LogP contribution in [-0.2, 0) is 6.54 Å². The Bertz CT molecular complexity index is 294. The van der Waals surface area contributed by atoms with E-state index in [9.17, 15) is 0 Å². The van der Waals surface area contributed by atoms with Crippen LogP contribution in [0.2, 0.25) is 0 Å². The molecule has 1 N–H and O–H groups in total. The van der Waals surface area contributed by atoms with Gasteiger partial charge in [0, 0.05) is 18.1 Å². The van der Waals surface area contributed by atoms with Gasteiger partial charge in [-0.05, 0) is 5.21 Å². The maximum atomic E-state index is 4.08. The molecular weight excluding hydrogens is 188 g/mol. The fourth-order valence-electron chi connectivity index (χ4n) is 0.865. The Morgan fingerprint density at radius 3 is 3.23 bits per heavy atom. The molecule has 0 aromatic carbocycles. The largest absolute Gasteiger partial charge is 0.360 e. The average molecular weight is 196 g/mol. The highest BCUT2D eigenvalue weighted by Crippen LogP contribution is 2.09. The molecule has 0 amide bonds. The minimum absolute atomic E-state index is 0.694. The summed E-state index contributed by atoms with van der Waals surface area (Å²) in [5.74, 6) is 0. The monoisotopic (exact) mass is 196 g/mol. The third kappa shape index (κ3) is 2.22. The number of rotatable bonds is 4. The van der Waals surface area contributed by atoms with Gasteiger partial charge in [-0.3, -0.25) is 0 Å². The highest BCUT2D eigenvalue weighted by atomic mass is 32.1. The van der Waals surface area contributed by atoms with Crippen molar-refractivity contribution in [2.24, 2.45) is 0 Å². The van der Waals surface area contributed by atoms with Gasteiger partial charge >= 0.3 is 0 Å². The van der Waals surface area contributed by atoms with Crippen molar-refractivity contribution in [1.29, 1.82) is 0 Å². The Morgan fingerprint density at radius 1 is 1.54 bits per heavy atom. The van der Waals surface area contributed by atoms with Gasteiger partial charge in [0.1, 0.15) is 0 Å². The van der Waals surface area contributed by atoms with Crippen LogP contribution in [0.3, 0.4) is 0 Å². The maximum absolute atomic E-state index is 4.08. The Balaban J connectivity index is 1.76. The van der Waals surface area contributed by atoms with Crippen molar-refractivity contribution in [3.63, 3.8) is 0 Å². The minimum Gasteiger partial charge on any atom is -0.360 e. The van der Waals surface area contributed by atoms with Gasteiger partial charge in [0.25, 0.3) is 0 Å². The van der Waals surface area contributed by atoms with E-state index in [-0.39, 0.29) is 0 Å². The first-order valence-corrected chi connectivity index (χ1v) is 4.67. The quantitative estimate of drug-likeness (QED) is 0.758. The molecule has 6 nitrogen and oxygen atoms in total. The van der Waals surface area contributed by atoms with Crippen LogP contribution >= 0.6 is 11.3 Å². The molecular formula is C6H8N6S. The summed E-state index contributed by atoms with van der Waals surface area (Å²) in [5.41, 5.74) is 0. The Kier molecular flexibility index (Phi) is 2.46. The summed E-state index contributed by atoms with van der Waals surface area (Å²) in [5, 5.41) is 17.2. The first kappa shape index (κ1) is 8.11. The third-order valence-electron chi connectivity index (χ3n) is 1.41. The van der Waals surface area contributed by atoms with Crippen LogP contribution < -0.4 is 5.32 Å². The van der Waals surface area contributed by atoms with E-state index in [1.807, 2.05) is 5.38 Å². The summed E-state index contributed by atoms with van der Waals surface area (Å²) < 4.78 is 0. The summed E-state index contributed by atoms with van der Waals surface area (Å²) in [6.07, 6.45) is 3.18. The number of anilines is 1. The topological polar surface area (TPSA) is 68.5 Å². The Morgan fingerprint density at radius 2 is 2.54 bits per heavy atom. The number of aromatic nitrogens is 5. The van der Waals surface area contributed by atoms with E-state index < -0.39 is 0 Å². The molecule has 0 aliphatic carbocycles. The van der Waals surface area contributed by atoms with E-state index in [4.69, 9.17) is 0 Å². The van der Waals surface area contributed by atoms with Gasteiger partial charge in [-0.25, -0.2) is 4.98 Å². The molecule has 0 saturated heterocycles. The molecule has 0 spiro atoms. The summed E-state index contributed by atoms with van der Waals surface area (Å²) in [7, 11) is 0. The van der Waals surface area contributed by atoms with Gasteiger partial charge in [0.05, 0.1) is 6.54 Å². The van der Waals surface area contributed by atoms with E-state index >= 15 is 0 Å². The standard InChI is InChI=1S/C6H8N6S/c1(3-12-10-5-9-11-12)7-6-8-2-4-13-6/h2,4-5H,1,3H2,(H,7,8). The maximum Gasteiger partial charge on any atom is 0.182 e. The third-order valence-corrected chi connectivity index (χ3v) is 2.14. The smallest absolute Gasteiger partial charge is 0.182 e. The number of thiazole rings is 1. The summed E-state index contributed by atoms with van der Waals surface area (Å²) >= 11 is 1.57. The zero-order chi connectivity index (χ0) is 8.93. The van der Waals surface area contributed by atoms with Crippen molar-refractivity contribution in [1.82, 2.24) is 25.2 Å². The van der Waals surface area contributed by atoms with E-state index in [0.29, 0.717) is 6.54 Å². The normalized spacial score (nSPS) is 10.2. The van der Waals surface area contributed by atoms with Gasteiger partial charge in [-0.1, -0.05) is 0 Å². The molecule has 0 aliphatic heterocycles. The van der Waals surface area contributed by atoms with Gasteiger partial charge in [0.2, 0.25) is 0 Å². The first-order chi connectivity index (χ1) is 6.45. The van der Waals surface area contributed by atoms with Crippen LogP contribution in [0.1, 0.15) is 0 Å². The Hall–Kier alpha value is -1.50. The second kappa shape index (κ2) is 3.94. The van der Waals surface area contributed by atoms with E-state index in [0.717, 1.165) is 11.7 Å². The fraction of sp³-hybridized carbons (Fsp3) is 0.333. The molecule has 2 heterocycles. The fourth-order valence-corrected chi connectivity index (χ4v) is 1.42. The van der Waals surface area contributed by atoms with Crippen molar-refractivity contribution < 1.29 is 0 Å². The molecule has 0 radical (unpaired) electrons. The van der Waals surface area contributed by atoms with E-state index in [1.54, 1.807) is 17.5 Å². The molecule has 0 aliphatic rings. The lowest BCUT2D eigenvalue weighted by molar-refractivity contribution is 0.538. The second-order valence-corrected chi connectivity index (χ2v) is 3.19. The lowest BCUT2D eigenvalue weighted by Crippen LogP contribution is -2.12. The average Bonchev–Trinajstić information content (AvgIpc) is 2.75. The molecule has 2 aromatic heterocycles. The predicted molar refractivity (Wildman–Crippen MR) is 48.4 cm³/mol. The van der Waals surface area contributed by atoms with Crippen molar-refractivity contribution >= 4 is 16.5 Å². The lowest BCUT2D eigenvalue weighted by Gasteiger charge is -1.99. The summed E-state index contributed by atoms with van der Waals surface area (Å²) in [6, 6.07) is 0. The number of nitrogens with zero attached hydrogens (tertiary/aromatic N) is 5. The zero-order valence-electron chi connectivity index (χ0n) is 6.79. The highest BCUT2D eigenvalue weighted by Gasteiger charge is 1.94. The molecule has 0 bridgehead atoms. The second-order valence-electron chi connectivity index (χ2n) is 2.30. The predicted octanol–water partition coefficient (Wildman–Crippen LogP) is 0.242. The van der Waals surface area contributed by atoms with Crippen LogP contribution in [0.4, 0.5) is 5.13 Å². The lowest BCUT2D eigenvalue weighted by atomic mass is 10.6. The summed E-state index contributed by atoms with van der Waals surface area (Å²) in [6.45, 7) is 1.45. The van der Waals surface area contributed by atoms with Gasteiger partial charge in [0.15, 0.2) is 11.5 Å². The molecule has 68 valence electrons. The van der Waals surface area contributed by atoms with Crippen LogP contribution in [0.15, 0.2) is 17.9 Å². The molecule has 0 unspecified atom stereocenters. The molecule has 2 aromatic rings. The van der Waals surface area contributed by atoms with Crippen molar-refractivity contribution in [2.45, 2.75) is 6.54 Å². The summed E-state index contributed by atoms with van der Waals surface area (Å²) in [4.78, 5) is 5.61. The van der Waals surface area contributed by atoms with Gasteiger partial charge in [-0.2, -0.15) is 4.80 Å². The van der Waals surface area contributed by atoms with E-state index in [1.165, 1.54) is 11.1 Å². The number of hydrogen-bond donors (Lipinski definition) is 1. The number of hydrogen-bond acceptors (Lipinski definition) is 6. The van der Waals surface area contributed by atoms with E-state index in [2.05, 4.69) is 25.7 Å². The van der Waals surface area contributed by atoms with Gasteiger partial charge < -0.3 is 5.32 Å². The molecule has 0 saturated carbocycles. The van der Waals surface area contributed by atoms with Crippen molar-refractivity contribution in [3.05, 3.63) is 17.9 Å². The molecule has 13 heavy (non-hydrogen) atoms. The number of nitrogens with one attached hydrogen (secondary N) is 1. The molecule has 2 rings (SSSR count). The van der Waals surface area contributed by atoms with Crippen LogP contribution in [0, 0.1) is 0 Å². The van der Waals surface area contributed by atoms with Crippen LogP contribution in [0.5, 0.6) is 0 Å². The first-order valence-electron chi connectivity index (χ1n) is 3.79. The Labute approximate surface area is 78.6 Å². The van der Waals surface area contributed by atoms with Crippen LogP contribution in [0.25, 0.3) is 0 Å². The molecule has 0 atom stereocenters. The zero-order valence-corrected chi connectivity index (χ0v) is 7.61. The molecule has 0 fully saturated rings. The van der Waals surface area contributed by atoms with Crippen molar-refractivity contribution in [3.8, 4) is 0 Å². The minimum atomic E-state index is 0.694. The van der Waals surface area contributed by atoms with Gasteiger partial charge in [-0.15, -0.1) is 21.5 Å². The highest BCUT2D eigenvalue weighted by molar-refractivity contribution is 7.13. The number of tetrazole rings is 1. The van der Waals surface area contributed by atoms with Crippen LogP contribution in [-0.4, -0.2) is 31.7 Å². The SMILES string of the molecule is c1csc(NCCn2ncnn2)n1. The van der Waals surface area contributed by atoms with Crippen molar-refractivity contribution in [2.75, 3.05) is 11.9 Å².